The zero-order chi connectivity index (χ0) is 11.7. The van der Waals surface area contributed by atoms with Gasteiger partial charge in [-0.2, -0.15) is 0 Å². The lowest BCUT2D eigenvalue weighted by Gasteiger charge is -2.09. The molecular formula is C11H14ClN3O. The molecule has 2 rings (SSSR count). The van der Waals surface area contributed by atoms with Crippen LogP contribution in [0.1, 0.15) is 19.0 Å². The molecule has 1 aromatic rings. The number of hydrogen-bond donors (Lipinski definition) is 2. The monoisotopic (exact) mass is 239 g/mol. The molecule has 0 radical (unpaired) electrons. The molecule has 4 nitrogen and oxygen atoms in total. The Bertz CT molecular complexity index is 422. The molecule has 1 heterocycles. The molecule has 0 spiro atoms. The average molecular weight is 240 g/mol. The second kappa shape index (κ2) is 4.29. The van der Waals surface area contributed by atoms with E-state index in [1.54, 1.807) is 19.2 Å². The second-order valence-electron chi connectivity index (χ2n) is 4.18. The molecule has 0 saturated heterocycles. The lowest BCUT2D eigenvalue weighted by atomic mass is 10.3. The minimum absolute atomic E-state index is 0.207. The molecule has 0 aromatic carbocycles. The molecule has 0 unspecified atom stereocenters. The number of anilines is 1. The molecule has 2 atom stereocenters. The van der Waals surface area contributed by atoms with Crippen molar-refractivity contribution in [1.82, 2.24) is 10.3 Å². The fourth-order valence-electron chi connectivity index (χ4n) is 1.49. The van der Waals surface area contributed by atoms with Gasteiger partial charge < -0.3 is 10.6 Å². The van der Waals surface area contributed by atoms with E-state index < -0.39 is 0 Å². The third kappa shape index (κ3) is 2.44. The lowest BCUT2D eigenvalue weighted by Crippen LogP contribution is -2.31. The van der Waals surface area contributed by atoms with Crippen molar-refractivity contribution in [2.75, 3.05) is 5.32 Å². The highest BCUT2D eigenvalue weighted by atomic mass is 35.5. The SMILES string of the molecule is Cc1nccc(NC(=O)N[C@@H]2C[C@H]2C)c1Cl. The number of carbonyl (C=O) groups is 1. The summed E-state index contributed by atoms with van der Waals surface area (Å²) in [6.45, 7) is 3.91. The highest BCUT2D eigenvalue weighted by Crippen LogP contribution is 2.29. The van der Waals surface area contributed by atoms with Crippen LogP contribution < -0.4 is 10.6 Å². The van der Waals surface area contributed by atoms with Crippen LogP contribution in [0.4, 0.5) is 10.5 Å². The van der Waals surface area contributed by atoms with Crippen LogP contribution >= 0.6 is 11.6 Å². The van der Waals surface area contributed by atoms with Gasteiger partial charge in [0, 0.05) is 12.2 Å². The van der Waals surface area contributed by atoms with E-state index in [2.05, 4.69) is 22.5 Å². The van der Waals surface area contributed by atoms with Crippen LogP contribution in [0.2, 0.25) is 5.02 Å². The summed E-state index contributed by atoms with van der Waals surface area (Å²) in [7, 11) is 0. The molecule has 1 aliphatic carbocycles. The fraction of sp³-hybridized carbons (Fsp3) is 0.455. The number of amides is 2. The molecule has 0 aliphatic heterocycles. The Morgan fingerprint density at radius 3 is 2.94 bits per heavy atom. The summed E-state index contributed by atoms with van der Waals surface area (Å²) in [6, 6.07) is 1.79. The summed E-state index contributed by atoms with van der Waals surface area (Å²) in [5.74, 6) is 0.584. The molecule has 16 heavy (non-hydrogen) atoms. The predicted octanol–water partition coefficient (Wildman–Crippen LogP) is 2.57. The van der Waals surface area contributed by atoms with Crippen LogP contribution in [0.5, 0.6) is 0 Å². The van der Waals surface area contributed by atoms with Crippen molar-refractivity contribution >= 4 is 23.3 Å². The van der Waals surface area contributed by atoms with Crippen LogP contribution in [0.3, 0.4) is 0 Å². The number of nitrogens with zero attached hydrogens (tertiary/aromatic N) is 1. The topological polar surface area (TPSA) is 54.0 Å². The molecule has 1 fully saturated rings. The average Bonchev–Trinajstić information content (AvgIpc) is 2.89. The molecule has 1 saturated carbocycles. The highest BCUT2D eigenvalue weighted by molar-refractivity contribution is 6.34. The first-order valence-corrected chi connectivity index (χ1v) is 5.64. The van der Waals surface area contributed by atoms with Crippen LogP contribution in [0.25, 0.3) is 0 Å². The zero-order valence-electron chi connectivity index (χ0n) is 9.25. The van der Waals surface area contributed by atoms with E-state index in [0.717, 1.165) is 6.42 Å². The molecule has 86 valence electrons. The third-order valence-corrected chi connectivity index (χ3v) is 3.21. The zero-order valence-corrected chi connectivity index (χ0v) is 10.0. The quantitative estimate of drug-likeness (QED) is 0.834. The minimum atomic E-state index is -0.207. The Kier molecular flexibility index (Phi) is 3.01. The van der Waals surface area contributed by atoms with E-state index in [9.17, 15) is 4.79 Å². The Morgan fingerprint density at radius 2 is 2.31 bits per heavy atom. The van der Waals surface area contributed by atoms with E-state index >= 15 is 0 Å². The first-order valence-electron chi connectivity index (χ1n) is 5.26. The summed E-state index contributed by atoms with van der Waals surface area (Å²) in [5.41, 5.74) is 1.30. The van der Waals surface area contributed by atoms with E-state index in [1.165, 1.54) is 0 Å². The van der Waals surface area contributed by atoms with Crippen molar-refractivity contribution in [2.24, 2.45) is 5.92 Å². The summed E-state index contributed by atoms with van der Waals surface area (Å²) in [4.78, 5) is 15.6. The summed E-state index contributed by atoms with van der Waals surface area (Å²) >= 11 is 6.01. The van der Waals surface area contributed by atoms with Crippen LogP contribution in [-0.4, -0.2) is 17.1 Å². The standard InChI is InChI=1S/C11H14ClN3O/c1-6-5-9(6)15-11(16)14-8-3-4-13-7(2)10(8)12/h3-4,6,9H,5H2,1-2H3,(H2,13,14,15,16)/t6-,9-/m1/s1. The Morgan fingerprint density at radius 1 is 1.62 bits per heavy atom. The van der Waals surface area contributed by atoms with Gasteiger partial charge in [-0.15, -0.1) is 0 Å². The molecule has 2 amide bonds. The van der Waals surface area contributed by atoms with Gasteiger partial charge >= 0.3 is 6.03 Å². The van der Waals surface area contributed by atoms with Gasteiger partial charge in [0.15, 0.2) is 0 Å². The first-order chi connectivity index (χ1) is 7.58. The number of carbonyl (C=O) groups excluding carboxylic acids is 1. The molecule has 0 bridgehead atoms. The Balaban J connectivity index is 1.98. The van der Waals surface area contributed by atoms with Gasteiger partial charge in [-0.1, -0.05) is 18.5 Å². The summed E-state index contributed by atoms with van der Waals surface area (Å²) in [5, 5.41) is 6.08. The van der Waals surface area contributed by atoms with Gasteiger partial charge in [0.1, 0.15) is 0 Å². The summed E-state index contributed by atoms with van der Waals surface area (Å²) < 4.78 is 0. The number of aromatic nitrogens is 1. The first kappa shape index (κ1) is 11.2. The number of urea groups is 1. The lowest BCUT2D eigenvalue weighted by molar-refractivity contribution is 0.251. The van der Waals surface area contributed by atoms with Gasteiger partial charge in [0.25, 0.3) is 0 Å². The minimum Gasteiger partial charge on any atom is -0.335 e. The van der Waals surface area contributed by atoms with Gasteiger partial charge in [0.05, 0.1) is 16.4 Å². The van der Waals surface area contributed by atoms with Gasteiger partial charge in [-0.3, -0.25) is 4.98 Å². The van der Waals surface area contributed by atoms with Crippen molar-refractivity contribution in [3.05, 3.63) is 23.0 Å². The third-order valence-electron chi connectivity index (χ3n) is 2.74. The molecule has 1 aromatic heterocycles. The molecule has 2 N–H and O–H groups in total. The molecule has 1 aliphatic rings. The van der Waals surface area contributed by atoms with Gasteiger partial charge in [-0.25, -0.2) is 4.79 Å². The second-order valence-corrected chi connectivity index (χ2v) is 4.55. The molecule has 5 heteroatoms. The van der Waals surface area contributed by atoms with Crippen molar-refractivity contribution in [2.45, 2.75) is 26.3 Å². The van der Waals surface area contributed by atoms with Crippen molar-refractivity contribution in [1.29, 1.82) is 0 Å². The maximum Gasteiger partial charge on any atom is 0.319 e. The molecular weight excluding hydrogens is 226 g/mol. The van der Waals surface area contributed by atoms with Crippen LogP contribution in [0, 0.1) is 12.8 Å². The van der Waals surface area contributed by atoms with E-state index in [4.69, 9.17) is 11.6 Å². The van der Waals surface area contributed by atoms with Crippen molar-refractivity contribution in [3.8, 4) is 0 Å². The van der Waals surface area contributed by atoms with Crippen LogP contribution in [0.15, 0.2) is 12.3 Å². The predicted molar refractivity (Wildman–Crippen MR) is 63.7 cm³/mol. The fourth-order valence-corrected chi connectivity index (χ4v) is 1.65. The normalized spacial score (nSPS) is 22.7. The Labute approximate surface area is 99.4 Å². The smallest absolute Gasteiger partial charge is 0.319 e. The van der Waals surface area contributed by atoms with E-state index in [-0.39, 0.29) is 6.03 Å². The Hall–Kier alpha value is -1.29. The number of rotatable bonds is 2. The largest absolute Gasteiger partial charge is 0.335 e. The van der Waals surface area contributed by atoms with Crippen LogP contribution in [-0.2, 0) is 0 Å². The van der Waals surface area contributed by atoms with Crippen molar-refractivity contribution in [3.63, 3.8) is 0 Å². The number of aryl methyl sites for hydroxylation is 1. The number of hydrogen-bond acceptors (Lipinski definition) is 2. The maximum absolute atomic E-state index is 11.6. The van der Waals surface area contributed by atoms with Crippen molar-refractivity contribution < 1.29 is 4.79 Å². The van der Waals surface area contributed by atoms with E-state index in [0.29, 0.717) is 28.4 Å². The van der Waals surface area contributed by atoms with Gasteiger partial charge in [0.2, 0.25) is 0 Å². The van der Waals surface area contributed by atoms with E-state index in [1.807, 2.05) is 0 Å². The number of pyridine rings is 1. The maximum atomic E-state index is 11.6. The number of nitrogens with one attached hydrogen (secondary N) is 2. The van der Waals surface area contributed by atoms with Gasteiger partial charge in [-0.05, 0) is 25.3 Å². The highest BCUT2D eigenvalue weighted by Gasteiger charge is 2.33. The number of halogens is 1. The summed E-state index contributed by atoms with van der Waals surface area (Å²) in [6.07, 6.45) is 2.67.